The van der Waals surface area contributed by atoms with Gasteiger partial charge in [0.25, 0.3) is 0 Å². The number of hydrogen-bond donors (Lipinski definition) is 2. The molecular weight excluding hydrogens is 514 g/mol. The molecule has 2 saturated heterocycles. The van der Waals surface area contributed by atoms with Crippen molar-refractivity contribution in [3.05, 3.63) is 0 Å². The monoisotopic (exact) mass is 548 g/mol. The Morgan fingerprint density at radius 2 is 0.933 bits per heavy atom. The first kappa shape index (κ1) is 35.2. The molecule has 0 radical (unpaired) electrons. The smallest absolute Gasteiger partial charge is 0.240 e. The van der Waals surface area contributed by atoms with Crippen LogP contribution in [0.1, 0.15) is 0 Å². The average molecular weight is 550 g/mol. The molecular formula is C16H36Cl4N6O2S2. The summed E-state index contributed by atoms with van der Waals surface area (Å²) in [4.78, 5) is 32.8. The van der Waals surface area contributed by atoms with E-state index in [1.165, 1.54) is 21.6 Å². The van der Waals surface area contributed by atoms with E-state index in [1.54, 1.807) is 0 Å². The summed E-state index contributed by atoms with van der Waals surface area (Å²) in [5.41, 5.74) is 12.1. The van der Waals surface area contributed by atoms with Gasteiger partial charge in [0.15, 0.2) is 0 Å². The van der Waals surface area contributed by atoms with Gasteiger partial charge in [0, 0.05) is 63.9 Å². The van der Waals surface area contributed by atoms with Crippen LogP contribution in [0.2, 0.25) is 0 Å². The van der Waals surface area contributed by atoms with Crippen LogP contribution in [0.25, 0.3) is 0 Å². The number of amides is 2. The summed E-state index contributed by atoms with van der Waals surface area (Å²) in [6.45, 7) is 6.54. The first-order chi connectivity index (χ1) is 12.4. The molecule has 2 rings (SSSR count). The van der Waals surface area contributed by atoms with Crippen molar-refractivity contribution in [3.63, 3.8) is 0 Å². The second-order valence-electron chi connectivity index (χ2n) is 7.04. The number of carbonyl (C=O) groups excluding carboxylic acids is 2. The van der Waals surface area contributed by atoms with Crippen LogP contribution >= 0.6 is 71.2 Å². The molecule has 0 unspecified atom stereocenters. The number of nitrogens with zero attached hydrogens (tertiary/aromatic N) is 4. The molecule has 2 fully saturated rings. The third kappa shape index (κ3) is 11.5. The van der Waals surface area contributed by atoms with Crippen molar-refractivity contribution >= 4 is 83.0 Å². The highest BCUT2D eigenvalue weighted by Crippen LogP contribution is 2.23. The molecule has 2 aliphatic heterocycles. The van der Waals surface area contributed by atoms with Gasteiger partial charge < -0.3 is 31.1 Å². The molecule has 0 aromatic heterocycles. The number of likely N-dealkylation sites (N-methyl/N-ethyl adjacent to an activating group) is 2. The molecule has 0 aliphatic carbocycles. The third-order valence-electron chi connectivity index (χ3n) is 4.84. The lowest BCUT2D eigenvalue weighted by molar-refractivity contribution is -0.134. The summed E-state index contributed by atoms with van der Waals surface area (Å²) in [6, 6.07) is -0.999. The van der Waals surface area contributed by atoms with Crippen molar-refractivity contribution in [3.8, 4) is 0 Å². The molecule has 4 N–H and O–H groups in total. The zero-order chi connectivity index (χ0) is 19.1. The molecule has 0 aromatic rings. The van der Waals surface area contributed by atoms with Gasteiger partial charge in [-0.15, -0.1) is 49.6 Å². The van der Waals surface area contributed by atoms with Crippen LogP contribution in [-0.2, 0) is 9.59 Å². The van der Waals surface area contributed by atoms with Crippen LogP contribution < -0.4 is 11.5 Å². The first-order valence-electron chi connectivity index (χ1n) is 9.08. The lowest BCUT2D eigenvalue weighted by Crippen LogP contribution is -2.53. The quantitative estimate of drug-likeness (QED) is 0.344. The SMILES string of the molecule is CN1CCN(C(=O)[C@@H](N)CSSC[C@H](N)C(=O)N2CCN(C)CC2)CC1.Cl.Cl.Cl.Cl. The molecule has 0 spiro atoms. The van der Waals surface area contributed by atoms with Crippen molar-refractivity contribution < 1.29 is 9.59 Å². The van der Waals surface area contributed by atoms with E-state index in [9.17, 15) is 9.59 Å². The minimum atomic E-state index is -0.500. The molecule has 30 heavy (non-hydrogen) atoms. The van der Waals surface area contributed by atoms with Crippen LogP contribution in [0.5, 0.6) is 0 Å². The second-order valence-corrected chi connectivity index (χ2v) is 9.59. The van der Waals surface area contributed by atoms with Gasteiger partial charge in [0.05, 0.1) is 12.1 Å². The Balaban J connectivity index is -0.00000182. The Hall–Kier alpha value is 0.640. The van der Waals surface area contributed by atoms with Crippen LogP contribution in [0.3, 0.4) is 0 Å². The molecule has 2 amide bonds. The van der Waals surface area contributed by atoms with Crippen molar-refractivity contribution in [2.24, 2.45) is 11.5 Å². The van der Waals surface area contributed by atoms with E-state index < -0.39 is 12.1 Å². The fourth-order valence-corrected chi connectivity index (χ4v) is 5.14. The predicted octanol–water partition coefficient (Wildman–Crippen LogP) is 0.258. The maximum absolute atomic E-state index is 12.3. The molecule has 0 aromatic carbocycles. The summed E-state index contributed by atoms with van der Waals surface area (Å²) in [5, 5.41) is 0. The Morgan fingerprint density at radius 3 is 1.20 bits per heavy atom. The average Bonchev–Trinajstić information content (AvgIpc) is 2.65. The number of hydrogen-bond acceptors (Lipinski definition) is 8. The van der Waals surface area contributed by atoms with E-state index in [0.717, 1.165) is 52.4 Å². The topological polar surface area (TPSA) is 99.1 Å². The molecule has 2 heterocycles. The summed E-state index contributed by atoms with van der Waals surface area (Å²) in [7, 11) is 7.16. The highest BCUT2D eigenvalue weighted by Gasteiger charge is 2.26. The Bertz CT molecular complexity index is 443. The van der Waals surface area contributed by atoms with Gasteiger partial charge >= 0.3 is 0 Å². The third-order valence-corrected chi connectivity index (χ3v) is 7.32. The van der Waals surface area contributed by atoms with Gasteiger partial charge in [0.1, 0.15) is 0 Å². The zero-order valence-corrected chi connectivity index (χ0v) is 22.3. The predicted molar refractivity (Wildman–Crippen MR) is 138 cm³/mol. The van der Waals surface area contributed by atoms with E-state index in [0.29, 0.717) is 11.5 Å². The Morgan fingerprint density at radius 1 is 0.667 bits per heavy atom. The minimum Gasteiger partial charge on any atom is -0.339 e. The Kier molecular flexibility index (Phi) is 21.3. The summed E-state index contributed by atoms with van der Waals surface area (Å²) in [6.07, 6.45) is 0. The van der Waals surface area contributed by atoms with Gasteiger partial charge in [-0.25, -0.2) is 0 Å². The standard InChI is InChI=1S/C16H32N6O2S2.4ClH/c1-19-3-7-21(8-4-19)15(23)13(17)11-25-26-12-14(18)16(24)22-9-5-20(2)6-10-22;;;;/h13-14H,3-12,17-18H2,1-2H3;4*1H/t13-,14-;;;;/m0..../s1. The van der Waals surface area contributed by atoms with Crippen molar-refractivity contribution in [2.75, 3.05) is 78.0 Å². The molecule has 8 nitrogen and oxygen atoms in total. The number of rotatable bonds is 7. The van der Waals surface area contributed by atoms with Gasteiger partial charge in [-0.05, 0) is 14.1 Å². The van der Waals surface area contributed by atoms with E-state index in [4.69, 9.17) is 11.5 Å². The zero-order valence-electron chi connectivity index (χ0n) is 17.4. The van der Waals surface area contributed by atoms with Gasteiger partial charge in [-0.1, -0.05) is 21.6 Å². The highest BCUT2D eigenvalue weighted by atomic mass is 35.5. The second kappa shape index (κ2) is 18.1. The lowest BCUT2D eigenvalue weighted by atomic mass is 10.2. The van der Waals surface area contributed by atoms with Gasteiger partial charge in [0.2, 0.25) is 11.8 Å². The maximum Gasteiger partial charge on any atom is 0.240 e. The van der Waals surface area contributed by atoms with E-state index >= 15 is 0 Å². The number of halogens is 4. The van der Waals surface area contributed by atoms with Crippen LogP contribution in [0.15, 0.2) is 0 Å². The van der Waals surface area contributed by atoms with Gasteiger partial charge in [-0.2, -0.15) is 0 Å². The summed E-state index contributed by atoms with van der Waals surface area (Å²) >= 11 is 0. The fourth-order valence-electron chi connectivity index (χ4n) is 2.91. The van der Waals surface area contributed by atoms with E-state index in [-0.39, 0.29) is 61.4 Å². The largest absolute Gasteiger partial charge is 0.339 e. The van der Waals surface area contributed by atoms with Crippen molar-refractivity contribution in [1.29, 1.82) is 0 Å². The van der Waals surface area contributed by atoms with Gasteiger partial charge in [-0.3, -0.25) is 9.59 Å². The first-order valence-corrected chi connectivity index (χ1v) is 11.6. The fraction of sp³-hybridized carbons (Fsp3) is 0.875. The lowest BCUT2D eigenvalue weighted by Gasteiger charge is -2.34. The van der Waals surface area contributed by atoms with Crippen LogP contribution in [0.4, 0.5) is 0 Å². The van der Waals surface area contributed by atoms with Crippen molar-refractivity contribution in [2.45, 2.75) is 12.1 Å². The minimum absolute atomic E-state index is 0. The van der Waals surface area contributed by atoms with Crippen molar-refractivity contribution in [1.82, 2.24) is 19.6 Å². The molecule has 2 atom stereocenters. The molecule has 14 heteroatoms. The normalized spacial score (nSPS) is 19.3. The number of nitrogens with two attached hydrogens (primary N) is 2. The highest BCUT2D eigenvalue weighted by molar-refractivity contribution is 8.76. The Labute approximate surface area is 213 Å². The van der Waals surface area contributed by atoms with E-state index in [1.807, 2.05) is 9.80 Å². The van der Waals surface area contributed by atoms with Crippen LogP contribution in [0, 0.1) is 0 Å². The molecule has 182 valence electrons. The molecule has 2 aliphatic rings. The summed E-state index contributed by atoms with van der Waals surface area (Å²) < 4.78 is 0. The molecule has 0 saturated carbocycles. The molecule has 0 bridgehead atoms. The summed E-state index contributed by atoms with van der Waals surface area (Å²) in [5.74, 6) is 1.10. The number of carbonyl (C=O) groups is 2. The van der Waals surface area contributed by atoms with Crippen LogP contribution in [-0.4, -0.2) is 121 Å². The number of piperazine rings is 2. The maximum atomic E-state index is 12.3. The van der Waals surface area contributed by atoms with E-state index in [2.05, 4.69) is 23.9 Å².